The average molecular weight is 303 g/mol. The Hall–Kier alpha value is -2.70. The monoisotopic (exact) mass is 303 g/mol. The lowest BCUT2D eigenvalue weighted by Gasteiger charge is -2.02. The van der Waals surface area contributed by atoms with Crippen LogP contribution in [0, 0.1) is 6.92 Å². The van der Waals surface area contributed by atoms with E-state index in [0.717, 1.165) is 11.1 Å². The summed E-state index contributed by atoms with van der Waals surface area (Å²) in [5.74, 6) is -0.792. The van der Waals surface area contributed by atoms with E-state index in [9.17, 15) is 9.59 Å². The number of carbonyl (C=O) groups is 2. The standard InChI is InChI=1S/C15H17N3O4/c1-3-21-15(20)14(19)16-9-8-12-17-13(18-22-12)11-6-4-10(2)5-7-11/h4-7H,3,8-9H2,1-2H3,(H,16,19). The fourth-order valence-electron chi connectivity index (χ4n) is 1.73. The molecule has 7 heteroatoms. The molecular formula is C15H17N3O4. The summed E-state index contributed by atoms with van der Waals surface area (Å²) in [5, 5.41) is 6.32. The smallest absolute Gasteiger partial charge is 0.396 e. The van der Waals surface area contributed by atoms with Gasteiger partial charge in [-0.15, -0.1) is 0 Å². The highest BCUT2D eigenvalue weighted by Crippen LogP contribution is 2.16. The van der Waals surface area contributed by atoms with Crippen LogP contribution in [0.4, 0.5) is 0 Å². The molecule has 0 aliphatic heterocycles. The largest absolute Gasteiger partial charge is 0.459 e. The van der Waals surface area contributed by atoms with Crippen LogP contribution in [-0.4, -0.2) is 35.2 Å². The van der Waals surface area contributed by atoms with Gasteiger partial charge in [0.05, 0.1) is 6.61 Å². The molecule has 1 N–H and O–H groups in total. The Labute approximate surface area is 127 Å². The molecule has 0 saturated heterocycles. The third-order valence-electron chi connectivity index (χ3n) is 2.86. The highest BCUT2D eigenvalue weighted by Gasteiger charge is 2.14. The molecule has 0 aliphatic rings. The van der Waals surface area contributed by atoms with Gasteiger partial charge in [0, 0.05) is 18.5 Å². The number of carbonyl (C=O) groups excluding carboxylic acids is 2. The van der Waals surface area contributed by atoms with Crippen molar-refractivity contribution in [1.29, 1.82) is 0 Å². The molecule has 1 amide bonds. The van der Waals surface area contributed by atoms with Crippen molar-refractivity contribution in [3.05, 3.63) is 35.7 Å². The van der Waals surface area contributed by atoms with Crippen molar-refractivity contribution in [3.63, 3.8) is 0 Å². The average Bonchev–Trinajstić information content (AvgIpc) is 2.97. The second-order valence-corrected chi connectivity index (χ2v) is 4.60. The molecule has 0 fully saturated rings. The first kappa shape index (κ1) is 15.7. The molecule has 0 radical (unpaired) electrons. The summed E-state index contributed by atoms with van der Waals surface area (Å²) in [4.78, 5) is 26.7. The number of benzene rings is 1. The molecule has 116 valence electrons. The van der Waals surface area contributed by atoms with Gasteiger partial charge in [-0.3, -0.25) is 4.79 Å². The Morgan fingerprint density at radius 1 is 1.27 bits per heavy atom. The Bertz CT molecular complexity index is 649. The highest BCUT2D eigenvalue weighted by atomic mass is 16.5. The Balaban J connectivity index is 1.86. The fraction of sp³-hybridized carbons (Fsp3) is 0.333. The number of nitrogens with one attached hydrogen (secondary N) is 1. The third-order valence-corrected chi connectivity index (χ3v) is 2.86. The van der Waals surface area contributed by atoms with Crippen LogP contribution in [0.2, 0.25) is 0 Å². The van der Waals surface area contributed by atoms with Crippen molar-refractivity contribution in [1.82, 2.24) is 15.5 Å². The van der Waals surface area contributed by atoms with Crippen LogP contribution in [0.5, 0.6) is 0 Å². The van der Waals surface area contributed by atoms with Crippen molar-refractivity contribution in [2.45, 2.75) is 20.3 Å². The summed E-state index contributed by atoms with van der Waals surface area (Å²) in [6, 6.07) is 7.74. The number of nitrogens with zero attached hydrogens (tertiary/aromatic N) is 2. The Morgan fingerprint density at radius 2 is 2.00 bits per heavy atom. The molecule has 2 rings (SSSR count). The summed E-state index contributed by atoms with van der Waals surface area (Å²) in [6.45, 7) is 4.01. The van der Waals surface area contributed by atoms with Crippen molar-refractivity contribution in [3.8, 4) is 11.4 Å². The highest BCUT2D eigenvalue weighted by molar-refractivity contribution is 6.32. The molecule has 0 atom stereocenters. The van der Waals surface area contributed by atoms with Gasteiger partial charge in [0.1, 0.15) is 0 Å². The molecule has 0 bridgehead atoms. The SMILES string of the molecule is CCOC(=O)C(=O)NCCc1nc(-c2ccc(C)cc2)no1. The number of hydrogen-bond acceptors (Lipinski definition) is 6. The topological polar surface area (TPSA) is 94.3 Å². The Morgan fingerprint density at radius 3 is 2.68 bits per heavy atom. The number of rotatable bonds is 5. The lowest BCUT2D eigenvalue weighted by molar-refractivity contribution is -0.154. The zero-order valence-corrected chi connectivity index (χ0v) is 12.5. The summed E-state index contributed by atoms with van der Waals surface area (Å²) >= 11 is 0. The molecule has 0 saturated carbocycles. The maximum absolute atomic E-state index is 11.3. The third kappa shape index (κ3) is 4.15. The number of aromatic nitrogens is 2. The summed E-state index contributed by atoms with van der Waals surface area (Å²) in [7, 11) is 0. The summed E-state index contributed by atoms with van der Waals surface area (Å²) in [6.07, 6.45) is 0.337. The van der Waals surface area contributed by atoms with E-state index in [1.165, 1.54) is 0 Å². The molecular weight excluding hydrogens is 286 g/mol. The molecule has 0 spiro atoms. The minimum absolute atomic E-state index is 0.163. The molecule has 1 aromatic carbocycles. The maximum Gasteiger partial charge on any atom is 0.396 e. The predicted molar refractivity (Wildman–Crippen MR) is 77.8 cm³/mol. The number of esters is 1. The van der Waals surface area contributed by atoms with E-state index >= 15 is 0 Å². The lowest BCUT2D eigenvalue weighted by atomic mass is 10.1. The number of ether oxygens (including phenoxy) is 1. The second-order valence-electron chi connectivity index (χ2n) is 4.60. The van der Waals surface area contributed by atoms with Gasteiger partial charge < -0.3 is 14.6 Å². The van der Waals surface area contributed by atoms with Crippen LogP contribution < -0.4 is 5.32 Å². The maximum atomic E-state index is 11.3. The van der Waals surface area contributed by atoms with Gasteiger partial charge in [0.25, 0.3) is 0 Å². The summed E-state index contributed by atoms with van der Waals surface area (Å²) in [5.41, 5.74) is 2.00. The Kier molecular flexibility index (Phi) is 5.24. The van der Waals surface area contributed by atoms with Crippen molar-refractivity contribution in [2.24, 2.45) is 0 Å². The fourth-order valence-corrected chi connectivity index (χ4v) is 1.73. The number of hydrogen-bond donors (Lipinski definition) is 1. The van der Waals surface area contributed by atoms with E-state index in [1.54, 1.807) is 6.92 Å². The van der Waals surface area contributed by atoms with Crippen LogP contribution in [0.25, 0.3) is 11.4 Å². The van der Waals surface area contributed by atoms with Crippen molar-refractivity contribution >= 4 is 11.9 Å². The zero-order valence-electron chi connectivity index (χ0n) is 12.5. The first-order valence-electron chi connectivity index (χ1n) is 6.94. The molecule has 1 aromatic heterocycles. The number of aryl methyl sites for hydroxylation is 1. The first-order chi connectivity index (χ1) is 10.6. The molecule has 0 unspecified atom stereocenters. The number of amides is 1. The first-order valence-corrected chi connectivity index (χ1v) is 6.94. The van der Waals surface area contributed by atoms with Gasteiger partial charge in [-0.05, 0) is 13.8 Å². The molecule has 0 aliphatic carbocycles. The minimum atomic E-state index is -0.895. The van der Waals surface area contributed by atoms with E-state index < -0.39 is 11.9 Å². The van der Waals surface area contributed by atoms with Gasteiger partial charge in [0.2, 0.25) is 11.7 Å². The van der Waals surface area contributed by atoms with E-state index in [-0.39, 0.29) is 13.2 Å². The van der Waals surface area contributed by atoms with Gasteiger partial charge in [-0.2, -0.15) is 4.98 Å². The molecule has 22 heavy (non-hydrogen) atoms. The van der Waals surface area contributed by atoms with E-state index in [1.807, 2.05) is 31.2 Å². The summed E-state index contributed by atoms with van der Waals surface area (Å²) < 4.78 is 9.69. The molecule has 1 heterocycles. The zero-order chi connectivity index (χ0) is 15.9. The van der Waals surface area contributed by atoms with Crippen LogP contribution in [0.1, 0.15) is 18.4 Å². The predicted octanol–water partition coefficient (Wildman–Crippen LogP) is 1.27. The van der Waals surface area contributed by atoms with Gasteiger partial charge in [0.15, 0.2) is 0 Å². The van der Waals surface area contributed by atoms with Crippen LogP contribution in [-0.2, 0) is 20.7 Å². The van der Waals surface area contributed by atoms with E-state index in [4.69, 9.17) is 4.52 Å². The van der Waals surface area contributed by atoms with Crippen molar-refractivity contribution < 1.29 is 18.8 Å². The van der Waals surface area contributed by atoms with E-state index in [2.05, 4.69) is 20.2 Å². The minimum Gasteiger partial charge on any atom is -0.459 e. The van der Waals surface area contributed by atoms with E-state index in [0.29, 0.717) is 18.1 Å². The van der Waals surface area contributed by atoms with Crippen molar-refractivity contribution in [2.75, 3.05) is 13.2 Å². The quantitative estimate of drug-likeness (QED) is 0.660. The lowest BCUT2D eigenvalue weighted by Crippen LogP contribution is -2.33. The normalized spacial score (nSPS) is 10.3. The molecule has 7 nitrogen and oxygen atoms in total. The molecule has 2 aromatic rings. The van der Waals surface area contributed by atoms with Gasteiger partial charge >= 0.3 is 11.9 Å². The van der Waals surface area contributed by atoms with Crippen LogP contribution in [0.3, 0.4) is 0 Å². The van der Waals surface area contributed by atoms with Gasteiger partial charge in [-0.1, -0.05) is 35.0 Å². The van der Waals surface area contributed by atoms with Gasteiger partial charge in [-0.25, -0.2) is 4.79 Å². The van der Waals surface area contributed by atoms with Crippen LogP contribution >= 0.6 is 0 Å². The second kappa shape index (κ2) is 7.35. The van der Waals surface area contributed by atoms with Crippen LogP contribution in [0.15, 0.2) is 28.8 Å².